The summed E-state index contributed by atoms with van der Waals surface area (Å²) in [5.41, 5.74) is 10.6. The molecule has 6 heteroatoms. The van der Waals surface area contributed by atoms with Gasteiger partial charge in [0.1, 0.15) is 11.0 Å². The van der Waals surface area contributed by atoms with E-state index in [9.17, 15) is 0 Å². The summed E-state index contributed by atoms with van der Waals surface area (Å²) < 4.78 is 0. The molecule has 2 heterocycles. The SMILES string of the molecule is C=CNc1c(N)c2nc[nH]c2c2[nH]cnc12. The van der Waals surface area contributed by atoms with Crippen molar-refractivity contribution in [2.75, 3.05) is 11.1 Å². The number of nitrogens with two attached hydrogens (primary N) is 1. The fourth-order valence-corrected chi connectivity index (χ4v) is 1.86. The summed E-state index contributed by atoms with van der Waals surface area (Å²) in [6.45, 7) is 3.62. The lowest BCUT2D eigenvalue weighted by atomic mass is 10.2. The van der Waals surface area contributed by atoms with Crippen LogP contribution in [0.5, 0.6) is 0 Å². The fraction of sp³-hybridized carbons (Fsp3) is 0. The van der Waals surface area contributed by atoms with E-state index in [1.165, 1.54) is 0 Å². The van der Waals surface area contributed by atoms with Crippen molar-refractivity contribution in [1.29, 1.82) is 0 Å². The molecular formula is C10H10N6. The van der Waals surface area contributed by atoms with Gasteiger partial charge < -0.3 is 21.0 Å². The van der Waals surface area contributed by atoms with E-state index in [2.05, 4.69) is 31.8 Å². The van der Waals surface area contributed by atoms with Gasteiger partial charge in [-0.15, -0.1) is 0 Å². The van der Waals surface area contributed by atoms with Gasteiger partial charge in [-0.2, -0.15) is 0 Å². The zero-order chi connectivity index (χ0) is 11.1. The number of aromatic amines is 2. The molecule has 0 amide bonds. The van der Waals surface area contributed by atoms with Gasteiger partial charge in [0, 0.05) is 0 Å². The number of anilines is 2. The number of aromatic nitrogens is 4. The quantitative estimate of drug-likeness (QED) is 0.384. The Morgan fingerprint density at radius 3 is 2.50 bits per heavy atom. The number of fused-ring (bicyclic) bond motifs is 3. The average molecular weight is 214 g/mol. The maximum Gasteiger partial charge on any atom is 0.116 e. The van der Waals surface area contributed by atoms with Crippen LogP contribution in [0.3, 0.4) is 0 Å². The summed E-state index contributed by atoms with van der Waals surface area (Å²) in [6.07, 6.45) is 4.80. The molecule has 16 heavy (non-hydrogen) atoms. The second-order valence-electron chi connectivity index (χ2n) is 3.39. The Morgan fingerprint density at radius 2 is 1.81 bits per heavy atom. The monoisotopic (exact) mass is 214 g/mol. The van der Waals surface area contributed by atoms with Gasteiger partial charge in [-0.05, 0) is 6.20 Å². The number of imidazole rings is 2. The molecule has 80 valence electrons. The van der Waals surface area contributed by atoms with Crippen LogP contribution in [0.4, 0.5) is 11.4 Å². The van der Waals surface area contributed by atoms with Gasteiger partial charge in [0.2, 0.25) is 0 Å². The molecule has 0 spiro atoms. The number of H-pyrrole nitrogens is 2. The van der Waals surface area contributed by atoms with Crippen LogP contribution in [0.15, 0.2) is 25.4 Å². The molecule has 0 saturated carbocycles. The molecule has 6 nitrogen and oxygen atoms in total. The standard InChI is InChI=1S/C10H10N6/c1-2-12-6-5(11)7-9(14-3-13-7)10-8(6)15-4-16-10/h2-4,12H,1,11H2,(H,13,14)(H,15,16). The minimum atomic E-state index is 0.566. The zero-order valence-corrected chi connectivity index (χ0v) is 8.41. The molecule has 0 aliphatic heterocycles. The van der Waals surface area contributed by atoms with Crippen LogP contribution in [0.1, 0.15) is 0 Å². The van der Waals surface area contributed by atoms with Gasteiger partial charge in [0.25, 0.3) is 0 Å². The molecule has 0 atom stereocenters. The molecule has 0 radical (unpaired) electrons. The summed E-state index contributed by atoms with van der Waals surface area (Å²) in [7, 11) is 0. The highest BCUT2D eigenvalue weighted by molar-refractivity contribution is 6.14. The topological polar surface area (TPSA) is 95.4 Å². The third kappa shape index (κ3) is 0.952. The second kappa shape index (κ2) is 2.99. The van der Waals surface area contributed by atoms with Crippen molar-refractivity contribution in [3.05, 3.63) is 25.4 Å². The third-order valence-corrected chi connectivity index (χ3v) is 2.54. The van der Waals surface area contributed by atoms with Crippen molar-refractivity contribution >= 4 is 33.4 Å². The lowest BCUT2D eigenvalue weighted by Crippen LogP contribution is -1.97. The van der Waals surface area contributed by atoms with E-state index in [0.29, 0.717) is 5.69 Å². The summed E-state index contributed by atoms with van der Waals surface area (Å²) in [4.78, 5) is 14.5. The van der Waals surface area contributed by atoms with Crippen LogP contribution >= 0.6 is 0 Å². The molecule has 2 aromatic heterocycles. The maximum atomic E-state index is 6.03. The van der Waals surface area contributed by atoms with Crippen LogP contribution in [0.2, 0.25) is 0 Å². The van der Waals surface area contributed by atoms with Crippen molar-refractivity contribution in [2.45, 2.75) is 0 Å². The van der Waals surface area contributed by atoms with Crippen molar-refractivity contribution in [3.63, 3.8) is 0 Å². The van der Waals surface area contributed by atoms with Crippen LogP contribution < -0.4 is 11.1 Å². The highest BCUT2D eigenvalue weighted by Gasteiger charge is 2.14. The first-order valence-electron chi connectivity index (χ1n) is 4.78. The molecule has 0 fully saturated rings. The lowest BCUT2D eigenvalue weighted by molar-refractivity contribution is 1.33. The average Bonchev–Trinajstić information content (AvgIpc) is 2.90. The molecule has 3 rings (SSSR count). The maximum absolute atomic E-state index is 6.03. The molecule has 3 aromatic rings. The first kappa shape index (κ1) is 8.78. The predicted octanol–water partition coefficient (Wildman–Crippen LogP) is 1.58. The summed E-state index contributed by atoms with van der Waals surface area (Å²) in [6, 6.07) is 0. The third-order valence-electron chi connectivity index (χ3n) is 2.54. The van der Waals surface area contributed by atoms with Crippen LogP contribution in [-0.2, 0) is 0 Å². The van der Waals surface area contributed by atoms with Gasteiger partial charge in [0.15, 0.2) is 0 Å². The van der Waals surface area contributed by atoms with Crippen molar-refractivity contribution < 1.29 is 0 Å². The summed E-state index contributed by atoms with van der Waals surface area (Å²) >= 11 is 0. The highest BCUT2D eigenvalue weighted by Crippen LogP contribution is 2.34. The summed E-state index contributed by atoms with van der Waals surface area (Å²) in [5.74, 6) is 0. The number of nitrogens with one attached hydrogen (secondary N) is 3. The molecule has 0 saturated heterocycles. The Morgan fingerprint density at radius 1 is 1.19 bits per heavy atom. The number of nitrogen functional groups attached to an aromatic ring is 1. The Hall–Kier alpha value is -2.50. The first-order valence-corrected chi connectivity index (χ1v) is 4.78. The van der Waals surface area contributed by atoms with Crippen LogP contribution in [0.25, 0.3) is 22.1 Å². The van der Waals surface area contributed by atoms with E-state index in [4.69, 9.17) is 5.73 Å². The smallest absolute Gasteiger partial charge is 0.116 e. The number of hydrogen-bond acceptors (Lipinski definition) is 4. The van der Waals surface area contributed by atoms with Gasteiger partial charge in [-0.25, -0.2) is 9.97 Å². The Balaban J connectivity index is 2.55. The molecule has 0 unspecified atom stereocenters. The Kier molecular flexibility index (Phi) is 1.64. The van der Waals surface area contributed by atoms with E-state index < -0.39 is 0 Å². The van der Waals surface area contributed by atoms with Crippen LogP contribution in [0, 0.1) is 0 Å². The number of nitrogens with zero attached hydrogens (tertiary/aromatic N) is 2. The van der Waals surface area contributed by atoms with E-state index in [1.54, 1.807) is 18.9 Å². The Labute approximate surface area is 90.6 Å². The largest absolute Gasteiger partial charge is 0.395 e. The van der Waals surface area contributed by atoms with Gasteiger partial charge in [0.05, 0.1) is 35.1 Å². The predicted molar refractivity (Wildman–Crippen MR) is 64.0 cm³/mol. The van der Waals surface area contributed by atoms with E-state index in [1.807, 2.05) is 0 Å². The van der Waals surface area contributed by atoms with Gasteiger partial charge in [-0.3, -0.25) is 0 Å². The normalized spacial score (nSPS) is 11.0. The van der Waals surface area contributed by atoms with Crippen molar-refractivity contribution in [3.8, 4) is 0 Å². The highest BCUT2D eigenvalue weighted by atomic mass is 15.0. The van der Waals surface area contributed by atoms with E-state index >= 15 is 0 Å². The number of rotatable bonds is 2. The van der Waals surface area contributed by atoms with E-state index in [-0.39, 0.29) is 0 Å². The summed E-state index contributed by atoms with van der Waals surface area (Å²) in [5, 5.41) is 2.99. The lowest BCUT2D eigenvalue weighted by Gasteiger charge is -2.06. The molecule has 1 aromatic carbocycles. The first-order chi connectivity index (χ1) is 7.83. The second-order valence-corrected chi connectivity index (χ2v) is 3.39. The minimum absolute atomic E-state index is 0.566. The molecule has 0 aliphatic carbocycles. The van der Waals surface area contributed by atoms with E-state index in [0.717, 1.165) is 27.8 Å². The fourth-order valence-electron chi connectivity index (χ4n) is 1.86. The Bertz CT molecular complexity index is 677. The zero-order valence-electron chi connectivity index (χ0n) is 8.41. The molecular weight excluding hydrogens is 204 g/mol. The molecule has 5 N–H and O–H groups in total. The van der Waals surface area contributed by atoms with Gasteiger partial charge >= 0.3 is 0 Å². The van der Waals surface area contributed by atoms with Gasteiger partial charge in [-0.1, -0.05) is 6.58 Å². The molecule has 0 aliphatic rings. The van der Waals surface area contributed by atoms with Crippen molar-refractivity contribution in [1.82, 2.24) is 19.9 Å². The minimum Gasteiger partial charge on any atom is -0.395 e. The number of benzene rings is 1. The molecule has 0 bridgehead atoms. The van der Waals surface area contributed by atoms with Crippen molar-refractivity contribution in [2.24, 2.45) is 0 Å². The van der Waals surface area contributed by atoms with Crippen LogP contribution in [-0.4, -0.2) is 19.9 Å². The number of hydrogen-bond donors (Lipinski definition) is 4.